The van der Waals surface area contributed by atoms with Crippen molar-refractivity contribution in [2.24, 2.45) is 0 Å². The molecule has 0 aromatic heterocycles. The Hall–Kier alpha value is -1.62. The SMILES string of the molecule is C=C(C(C)=O)C(Nc1ccc(Br)cc1)C(=O)OCC. The maximum Gasteiger partial charge on any atom is 0.333 e. The van der Waals surface area contributed by atoms with Crippen LogP contribution in [-0.4, -0.2) is 24.4 Å². The van der Waals surface area contributed by atoms with Gasteiger partial charge < -0.3 is 10.1 Å². The van der Waals surface area contributed by atoms with E-state index in [2.05, 4.69) is 27.8 Å². The number of esters is 1. The van der Waals surface area contributed by atoms with E-state index in [0.717, 1.165) is 4.47 Å². The minimum absolute atomic E-state index is 0.182. The molecule has 0 aliphatic rings. The fourth-order valence-electron chi connectivity index (χ4n) is 1.43. The molecule has 102 valence electrons. The normalized spacial score (nSPS) is 11.5. The number of rotatable bonds is 6. The number of halogens is 1. The van der Waals surface area contributed by atoms with Crippen LogP contribution < -0.4 is 5.32 Å². The first-order chi connectivity index (χ1) is 8.95. The van der Waals surface area contributed by atoms with Gasteiger partial charge in [0.05, 0.1) is 6.61 Å². The van der Waals surface area contributed by atoms with Crippen molar-refractivity contribution >= 4 is 33.4 Å². The molecule has 1 N–H and O–H groups in total. The Morgan fingerprint density at radius 3 is 2.42 bits per heavy atom. The highest BCUT2D eigenvalue weighted by molar-refractivity contribution is 9.10. The molecule has 0 bridgehead atoms. The minimum atomic E-state index is -0.862. The van der Waals surface area contributed by atoms with Crippen molar-refractivity contribution < 1.29 is 14.3 Å². The van der Waals surface area contributed by atoms with Crippen molar-refractivity contribution in [1.29, 1.82) is 0 Å². The van der Waals surface area contributed by atoms with Crippen LogP contribution in [0.2, 0.25) is 0 Å². The molecule has 1 aromatic carbocycles. The van der Waals surface area contributed by atoms with Crippen LogP contribution in [0, 0.1) is 0 Å². The van der Waals surface area contributed by atoms with Crippen LogP contribution in [0.25, 0.3) is 0 Å². The summed E-state index contributed by atoms with van der Waals surface area (Å²) in [6.07, 6.45) is 0. The van der Waals surface area contributed by atoms with Gasteiger partial charge >= 0.3 is 5.97 Å². The summed E-state index contributed by atoms with van der Waals surface area (Å²) < 4.78 is 5.87. The third kappa shape index (κ3) is 4.52. The zero-order valence-electron chi connectivity index (χ0n) is 10.9. The third-order valence-electron chi connectivity index (χ3n) is 2.48. The predicted octanol–water partition coefficient (Wildman–Crippen LogP) is 2.94. The quantitative estimate of drug-likeness (QED) is 0.645. The number of ketones is 1. The molecule has 0 radical (unpaired) electrons. The molecule has 0 aliphatic carbocycles. The predicted molar refractivity (Wildman–Crippen MR) is 78.0 cm³/mol. The molecule has 1 aromatic rings. The summed E-state index contributed by atoms with van der Waals surface area (Å²) in [5.74, 6) is -0.756. The second kappa shape index (κ2) is 7.09. The van der Waals surface area contributed by atoms with Gasteiger partial charge in [-0.2, -0.15) is 0 Å². The summed E-state index contributed by atoms with van der Waals surface area (Å²) in [7, 11) is 0. The Balaban J connectivity index is 2.90. The molecule has 0 amide bonds. The van der Waals surface area contributed by atoms with Gasteiger partial charge in [-0.3, -0.25) is 4.79 Å². The van der Waals surface area contributed by atoms with E-state index >= 15 is 0 Å². The van der Waals surface area contributed by atoms with Gasteiger partial charge in [0.25, 0.3) is 0 Å². The smallest absolute Gasteiger partial charge is 0.333 e. The first-order valence-electron chi connectivity index (χ1n) is 5.84. The third-order valence-corrected chi connectivity index (χ3v) is 3.01. The highest BCUT2D eigenvalue weighted by atomic mass is 79.9. The Morgan fingerprint density at radius 1 is 1.37 bits per heavy atom. The van der Waals surface area contributed by atoms with Gasteiger partial charge in [0, 0.05) is 15.7 Å². The summed E-state index contributed by atoms with van der Waals surface area (Å²) in [6, 6.07) is 6.40. The summed E-state index contributed by atoms with van der Waals surface area (Å²) >= 11 is 3.33. The van der Waals surface area contributed by atoms with Gasteiger partial charge in [-0.05, 0) is 38.1 Å². The topological polar surface area (TPSA) is 55.4 Å². The second-order valence-electron chi connectivity index (χ2n) is 3.92. The van der Waals surface area contributed by atoms with Crippen molar-refractivity contribution in [3.8, 4) is 0 Å². The van der Waals surface area contributed by atoms with Crippen molar-refractivity contribution in [3.63, 3.8) is 0 Å². The van der Waals surface area contributed by atoms with E-state index in [1.165, 1.54) is 6.92 Å². The second-order valence-corrected chi connectivity index (χ2v) is 4.83. The Kier molecular flexibility index (Phi) is 5.76. The van der Waals surface area contributed by atoms with Crippen LogP contribution in [0.3, 0.4) is 0 Å². The summed E-state index contributed by atoms with van der Waals surface area (Å²) in [4.78, 5) is 23.2. The average Bonchev–Trinajstić information content (AvgIpc) is 2.37. The van der Waals surface area contributed by atoms with Gasteiger partial charge in [-0.1, -0.05) is 22.5 Å². The Morgan fingerprint density at radius 2 is 1.95 bits per heavy atom. The average molecular weight is 326 g/mol. The van der Waals surface area contributed by atoms with Gasteiger partial charge in [0.15, 0.2) is 11.8 Å². The molecule has 0 saturated heterocycles. The Bertz CT molecular complexity index is 482. The molecule has 1 rings (SSSR count). The van der Waals surface area contributed by atoms with Crippen molar-refractivity contribution in [2.45, 2.75) is 19.9 Å². The van der Waals surface area contributed by atoms with Gasteiger partial charge in [0.1, 0.15) is 0 Å². The standard InChI is InChI=1S/C14H16BrNO3/c1-4-19-14(18)13(9(2)10(3)17)16-12-7-5-11(15)6-8-12/h5-8,13,16H,2,4H2,1,3H3. The zero-order chi connectivity index (χ0) is 14.4. The number of ether oxygens (including phenoxy) is 1. The van der Waals surface area contributed by atoms with Crippen molar-refractivity contribution in [1.82, 2.24) is 0 Å². The molecular weight excluding hydrogens is 310 g/mol. The first-order valence-corrected chi connectivity index (χ1v) is 6.63. The lowest BCUT2D eigenvalue weighted by molar-refractivity contribution is -0.143. The summed E-state index contributed by atoms with van der Waals surface area (Å²) in [5.41, 5.74) is 0.894. The molecule has 0 heterocycles. The molecule has 0 aliphatic heterocycles. The fourth-order valence-corrected chi connectivity index (χ4v) is 1.69. The molecule has 5 heteroatoms. The van der Waals surface area contributed by atoms with E-state index in [4.69, 9.17) is 4.74 Å². The van der Waals surface area contributed by atoms with E-state index in [-0.39, 0.29) is 18.0 Å². The fraction of sp³-hybridized carbons (Fsp3) is 0.286. The molecule has 19 heavy (non-hydrogen) atoms. The first kappa shape index (κ1) is 15.4. The van der Waals surface area contributed by atoms with Gasteiger partial charge in [0.2, 0.25) is 0 Å². The lowest BCUT2D eigenvalue weighted by Crippen LogP contribution is -2.35. The van der Waals surface area contributed by atoms with Gasteiger partial charge in [-0.25, -0.2) is 4.79 Å². The highest BCUT2D eigenvalue weighted by Crippen LogP contribution is 2.17. The minimum Gasteiger partial charge on any atom is -0.464 e. The molecule has 0 fully saturated rings. The number of carbonyl (C=O) groups is 2. The zero-order valence-corrected chi connectivity index (χ0v) is 12.5. The van der Waals surface area contributed by atoms with Crippen LogP contribution in [0.15, 0.2) is 40.9 Å². The molecule has 1 atom stereocenters. The highest BCUT2D eigenvalue weighted by Gasteiger charge is 2.25. The van der Waals surface area contributed by atoms with Gasteiger partial charge in [-0.15, -0.1) is 0 Å². The van der Waals surface area contributed by atoms with Crippen LogP contribution in [-0.2, 0) is 14.3 Å². The summed E-state index contributed by atoms with van der Waals surface area (Å²) in [5, 5.41) is 2.96. The molecule has 4 nitrogen and oxygen atoms in total. The van der Waals surface area contributed by atoms with Crippen LogP contribution in [0.1, 0.15) is 13.8 Å². The van der Waals surface area contributed by atoms with E-state index in [0.29, 0.717) is 5.69 Å². The molecule has 0 spiro atoms. The van der Waals surface area contributed by atoms with Crippen LogP contribution >= 0.6 is 15.9 Å². The number of benzene rings is 1. The van der Waals surface area contributed by atoms with E-state index in [1.807, 2.05) is 12.1 Å². The van der Waals surface area contributed by atoms with E-state index < -0.39 is 12.0 Å². The maximum atomic E-state index is 11.9. The largest absolute Gasteiger partial charge is 0.464 e. The van der Waals surface area contributed by atoms with Crippen molar-refractivity contribution in [3.05, 3.63) is 40.9 Å². The number of anilines is 1. The Labute approximate surface area is 121 Å². The number of carbonyl (C=O) groups excluding carboxylic acids is 2. The molecule has 0 saturated carbocycles. The van der Waals surface area contributed by atoms with E-state index in [9.17, 15) is 9.59 Å². The maximum absolute atomic E-state index is 11.9. The van der Waals surface area contributed by atoms with Crippen LogP contribution in [0.4, 0.5) is 5.69 Å². The van der Waals surface area contributed by atoms with Crippen LogP contribution in [0.5, 0.6) is 0 Å². The lowest BCUT2D eigenvalue weighted by Gasteiger charge is -2.19. The van der Waals surface area contributed by atoms with E-state index in [1.54, 1.807) is 19.1 Å². The monoisotopic (exact) mass is 325 g/mol. The molecule has 1 unspecified atom stereocenters. The number of nitrogens with one attached hydrogen (secondary N) is 1. The number of hydrogen-bond acceptors (Lipinski definition) is 4. The lowest BCUT2D eigenvalue weighted by atomic mass is 10.1. The summed E-state index contributed by atoms with van der Waals surface area (Å²) in [6.45, 7) is 6.99. The number of hydrogen-bond donors (Lipinski definition) is 1. The molecular formula is C14H16BrNO3. The van der Waals surface area contributed by atoms with Crippen molar-refractivity contribution in [2.75, 3.05) is 11.9 Å². The number of Topliss-reactive ketones (excluding diaryl/α,β-unsaturated/α-hetero) is 1.